The van der Waals surface area contributed by atoms with E-state index in [9.17, 15) is 13.2 Å². The molecule has 0 aromatic carbocycles. The first-order valence-corrected chi connectivity index (χ1v) is 5.73. The molecule has 0 aromatic heterocycles. The molecule has 0 amide bonds. The van der Waals surface area contributed by atoms with Crippen molar-refractivity contribution >= 4 is 0 Å². The van der Waals surface area contributed by atoms with Gasteiger partial charge in [0.2, 0.25) is 0 Å². The minimum atomic E-state index is -4.29. The Kier molecular flexibility index (Phi) is 3.58. The van der Waals surface area contributed by atoms with E-state index in [0.717, 1.165) is 24.7 Å². The summed E-state index contributed by atoms with van der Waals surface area (Å²) in [5, 5.41) is 3.07. The fraction of sp³-hybridized carbons (Fsp3) is 0.667. The average molecular weight is 247 g/mol. The third-order valence-corrected chi connectivity index (χ3v) is 3.13. The first-order valence-electron chi connectivity index (χ1n) is 5.73. The second-order valence-electron chi connectivity index (χ2n) is 4.68. The molecular formula is C12H16F3NO. The lowest BCUT2D eigenvalue weighted by Crippen LogP contribution is -2.45. The molecule has 1 N–H and O–H groups in total. The molecule has 0 aromatic rings. The summed E-state index contributed by atoms with van der Waals surface area (Å²) < 4.78 is 43.7. The van der Waals surface area contributed by atoms with Gasteiger partial charge in [-0.3, -0.25) is 0 Å². The van der Waals surface area contributed by atoms with E-state index in [2.05, 4.69) is 5.32 Å². The van der Waals surface area contributed by atoms with Gasteiger partial charge in [-0.15, -0.1) is 0 Å². The highest BCUT2D eigenvalue weighted by Gasteiger charge is 2.40. The monoisotopic (exact) mass is 247 g/mol. The zero-order chi connectivity index (χ0) is 12.5. The van der Waals surface area contributed by atoms with Gasteiger partial charge in [-0.1, -0.05) is 17.7 Å². The summed E-state index contributed by atoms with van der Waals surface area (Å²) in [6.45, 7) is 3.91. The molecule has 1 aliphatic carbocycles. The Balaban J connectivity index is 1.98. The standard InChI is InChI=1S/C12H16F3NO/c1-8-2-3-10(12(13,14)15)11(4-8)17-7-9-5-16-6-9/h2-3,9,11,16H,4-7H2,1H3. The van der Waals surface area contributed by atoms with Gasteiger partial charge < -0.3 is 10.1 Å². The number of alkyl halides is 3. The first kappa shape index (κ1) is 12.6. The van der Waals surface area contributed by atoms with Crippen molar-refractivity contribution in [1.29, 1.82) is 0 Å². The molecule has 1 unspecified atom stereocenters. The van der Waals surface area contributed by atoms with Crippen molar-refractivity contribution in [2.24, 2.45) is 5.92 Å². The van der Waals surface area contributed by atoms with Crippen LogP contribution in [0.4, 0.5) is 13.2 Å². The molecule has 5 heteroatoms. The molecule has 1 heterocycles. The predicted molar refractivity (Wildman–Crippen MR) is 58.6 cm³/mol. The fourth-order valence-electron chi connectivity index (χ4n) is 1.95. The predicted octanol–water partition coefficient (Wildman–Crippen LogP) is 2.43. The molecule has 0 bridgehead atoms. The van der Waals surface area contributed by atoms with Gasteiger partial charge >= 0.3 is 6.18 Å². The van der Waals surface area contributed by atoms with E-state index < -0.39 is 17.9 Å². The summed E-state index contributed by atoms with van der Waals surface area (Å²) in [5.74, 6) is 0.357. The maximum absolute atomic E-state index is 12.7. The smallest absolute Gasteiger partial charge is 0.373 e. The number of hydrogen-bond acceptors (Lipinski definition) is 2. The maximum atomic E-state index is 12.7. The van der Waals surface area contributed by atoms with Gasteiger partial charge in [0.25, 0.3) is 0 Å². The quantitative estimate of drug-likeness (QED) is 0.827. The van der Waals surface area contributed by atoms with Crippen molar-refractivity contribution in [2.75, 3.05) is 19.7 Å². The van der Waals surface area contributed by atoms with Gasteiger partial charge in [0.15, 0.2) is 0 Å². The second-order valence-corrected chi connectivity index (χ2v) is 4.68. The van der Waals surface area contributed by atoms with Gasteiger partial charge in [0, 0.05) is 19.0 Å². The zero-order valence-corrected chi connectivity index (χ0v) is 9.68. The van der Waals surface area contributed by atoms with Crippen molar-refractivity contribution in [3.8, 4) is 0 Å². The van der Waals surface area contributed by atoms with Crippen LogP contribution < -0.4 is 5.32 Å². The van der Waals surface area contributed by atoms with Crippen LogP contribution in [-0.4, -0.2) is 32.0 Å². The largest absolute Gasteiger partial charge is 0.415 e. The van der Waals surface area contributed by atoms with Gasteiger partial charge in [-0.2, -0.15) is 13.2 Å². The van der Waals surface area contributed by atoms with E-state index in [1.165, 1.54) is 6.08 Å². The van der Waals surface area contributed by atoms with Crippen molar-refractivity contribution in [3.05, 3.63) is 23.3 Å². The molecule has 1 fully saturated rings. The molecule has 2 nitrogen and oxygen atoms in total. The second kappa shape index (κ2) is 4.82. The van der Waals surface area contributed by atoms with Crippen LogP contribution in [0, 0.1) is 5.92 Å². The summed E-state index contributed by atoms with van der Waals surface area (Å²) in [4.78, 5) is 0. The van der Waals surface area contributed by atoms with Crippen molar-refractivity contribution in [3.63, 3.8) is 0 Å². The number of nitrogens with one attached hydrogen (secondary N) is 1. The number of allylic oxidation sites excluding steroid dienone is 2. The molecular weight excluding hydrogens is 231 g/mol. The molecule has 1 atom stereocenters. The van der Waals surface area contributed by atoms with Gasteiger partial charge in [0.05, 0.1) is 18.3 Å². The Morgan fingerprint density at radius 2 is 2.06 bits per heavy atom. The summed E-state index contributed by atoms with van der Waals surface area (Å²) in [7, 11) is 0. The molecule has 2 aliphatic rings. The lowest BCUT2D eigenvalue weighted by Gasteiger charge is -2.31. The van der Waals surface area contributed by atoms with Crippen LogP contribution in [-0.2, 0) is 4.74 Å². The summed E-state index contributed by atoms with van der Waals surface area (Å²) >= 11 is 0. The highest BCUT2D eigenvalue weighted by atomic mass is 19.4. The summed E-state index contributed by atoms with van der Waals surface area (Å²) in [6.07, 6.45) is -2.12. The molecule has 0 radical (unpaired) electrons. The first-order chi connectivity index (χ1) is 7.97. The topological polar surface area (TPSA) is 21.3 Å². The Bertz CT molecular complexity index is 342. The minimum absolute atomic E-state index is 0.339. The highest BCUT2D eigenvalue weighted by Crippen LogP contribution is 2.35. The van der Waals surface area contributed by atoms with Crippen LogP contribution in [0.3, 0.4) is 0 Å². The Labute approximate surface area is 98.5 Å². The third kappa shape index (κ3) is 3.10. The normalized spacial score (nSPS) is 26.2. The lowest BCUT2D eigenvalue weighted by molar-refractivity contribution is -0.113. The molecule has 2 rings (SSSR count). The summed E-state index contributed by atoms with van der Waals surface area (Å²) in [5.41, 5.74) is 0.366. The van der Waals surface area contributed by atoms with E-state index in [1.54, 1.807) is 0 Å². The maximum Gasteiger partial charge on any atom is 0.415 e. The van der Waals surface area contributed by atoms with E-state index in [1.807, 2.05) is 6.92 Å². The van der Waals surface area contributed by atoms with Crippen LogP contribution in [0.1, 0.15) is 13.3 Å². The number of hydrogen-bond donors (Lipinski definition) is 1. The SMILES string of the molecule is CC1=CC=C(C(F)(F)F)C(OCC2CNC2)C1. The Morgan fingerprint density at radius 1 is 1.35 bits per heavy atom. The number of halogens is 3. The van der Waals surface area contributed by atoms with E-state index in [4.69, 9.17) is 4.74 Å². The van der Waals surface area contributed by atoms with Crippen molar-refractivity contribution in [1.82, 2.24) is 5.32 Å². The molecule has 1 aliphatic heterocycles. The van der Waals surface area contributed by atoms with Crippen molar-refractivity contribution < 1.29 is 17.9 Å². The number of ether oxygens (including phenoxy) is 1. The summed E-state index contributed by atoms with van der Waals surface area (Å²) in [6, 6.07) is 0. The van der Waals surface area contributed by atoms with E-state index >= 15 is 0 Å². The van der Waals surface area contributed by atoms with Crippen molar-refractivity contribution in [2.45, 2.75) is 25.6 Å². The Morgan fingerprint density at radius 3 is 2.59 bits per heavy atom. The van der Waals surface area contributed by atoms with Crippen LogP contribution >= 0.6 is 0 Å². The molecule has 0 saturated carbocycles. The third-order valence-electron chi connectivity index (χ3n) is 3.13. The Hall–Kier alpha value is -0.810. The molecule has 0 spiro atoms. The average Bonchev–Trinajstić information content (AvgIpc) is 2.13. The molecule has 1 saturated heterocycles. The van der Waals surface area contributed by atoms with Gasteiger partial charge in [-0.25, -0.2) is 0 Å². The fourth-order valence-corrected chi connectivity index (χ4v) is 1.95. The lowest BCUT2D eigenvalue weighted by atomic mass is 9.95. The van der Waals surface area contributed by atoms with Crippen LogP contribution in [0.2, 0.25) is 0 Å². The molecule has 96 valence electrons. The van der Waals surface area contributed by atoms with Gasteiger partial charge in [0.1, 0.15) is 0 Å². The molecule has 17 heavy (non-hydrogen) atoms. The minimum Gasteiger partial charge on any atom is -0.373 e. The van der Waals surface area contributed by atoms with Crippen LogP contribution in [0.15, 0.2) is 23.3 Å². The van der Waals surface area contributed by atoms with E-state index in [-0.39, 0.29) is 0 Å². The number of rotatable bonds is 3. The van der Waals surface area contributed by atoms with Gasteiger partial charge in [-0.05, 0) is 13.3 Å². The zero-order valence-electron chi connectivity index (χ0n) is 9.68. The van der Waals surface area contributed by atoms with Crippen LogP contribution in [0.5, 0.6) is 0 Å². The van der Waals surface area contributed by atoms with Crippen LogP contribution in [0.25, 0.3) is 0 Å². The van der Waals surface area contributed by atoms with E-state index in [0.29, 0.717) is 18.9 Å². The highest BCUT2D eigenvalue weighted by molar-refractivity contribution is 5.30.